The van der Waals surface area contributed by atoms with Crippen molar-refractivity contribution in [2.75, 3.05) is 0 Å². The SMILES string of the molecule is O=C(O)C1=Cc2cc3cccnc3cc2C1. The van der Waals surface area contributed by atoms with Gasteiger partial charge in [-0.15, -0.1) is 0 Å². The number of hydrogen-bond donors (Lipinski definition) is 1. The van der Waals surface area contributed by atoms with E-state index in [0.717, 1.165) is 22.0 Å². The molecule has 1 N–H and O–H groups in total. The number of carbonyl (C=O) groups is 1. The molecule has 1 heterocycles. The predicted molar refractivity (Wildman–Crippen MR) is 61.1 cm³/mol. The van der Waals surface area contributed by atoms with Gasteiger partial charge in [0.2, 0.25) is 0 Å². The minimum atomic E-state index is -0.840. The van der Waals surface area contributed by atoms with Crippen LogP contribution >= 0.6 is 0 Å². The maximum Gasteiger partial charge on any atom is 0.331 e. The van der Waals surface area contributed by atoms with Crippen molar-refractivity contribution in [3.05, 3.63) is 47.2 Å². The van der Waals surface area contributed by atoms with Crippen molar-refractivity contribution in [3.63, 3.8) is 0 Å². The number of carboxylic acid groups (broad SMARTS) is 1. The Morgan fingerprint density at radius 3 is 3.06 bits per heavy atom. The molecule has 3 nitrogen and oxygen atoms in total. The molecule has 3 heteroatoms. The zero-order valence-electron chi connectivity index (χ0n) is 8.47. The molecule has 0 radical (unpaired) electrons. The van der Waals surface area contributed by atoms with E-state index < -0.39 is 5.97 Å². The number of nitrogens with zero attached hydrogens (tertiary/aromatic N) is 1. The lowest BCUT2D eigenvalue weighted by molar-refractivity contribution is -0.132. The van der Waals surface area contributed by atoms with E-state index in [9.17, 15) is 4.79 Å². The van der Waals surface area contributed by atoms with Crippen LogP contribution in [0.4, 0.5) is 0 Å². The highest BCUT2D eigenvalue weighted by molar-refractivity contribution is 5.97. The third-order valence-corrected chi connectivity index (χ3v) is 2.85. The highest BCUT2D eigenvalue weighted by atomic mass is 16.4. The molecule has 0 amide bonds. The minimum Gasteiger partial charge on any atom is -0.478 e. The number of hydrogen-bond acceptors (Lipinski definition) is 2. The van der Waals surface area contributed by atoms with Gasteiger partial charge in [-0.2, -0.15) is 0 Å². The molecule has 0 saturated heterocycles. The smallest absolute Gasteiger partial charge is 0.331 e. The molecule has 78 valence electrons. The Kier molecular flexibility index (Phi) is 1.80. The van der Waals surface area contributed by atoms with Crippen LogP contribution in [0.1, 0.15) is 11.1 Å². The lowest BCUT2D eigenvalue weighted by Gasteiger charge is -2.01. The molecule has 0 bridgehead atoms. The van der Waals surface area contributed by atoms with E-state index in [-0.39, 0.29) is 0 Å². The lowest BCUT2D eigenvalue weighted by atomic mass is 10.1. The summed E-state index contributed by atoms with van der Waals surface area (Å²) in [5.74, 6) is -0.840. The van der Waals surface area contributed by atoms with Crippen molar-refractivity contribution in [3.8, 4) is 0 Å². The quantitative estimate of drug-likeness (QED) is 0.787. The van der Waals surface area contributed by atoms with Gasteiger partial charge in [-0.25, -0.2) is 4.79 Å². The summed E-state index contributed by atoms with van der Waals surface area (Å²) in [7, 11) is 0. The van der Waals surface area contributed by atoms with Gasteiger partial charge in [0.25, 0.3) is 0 Å². The van der Waals surface area contributed by atoms with Crippen molar-refractivity contribution in [2.45, 2.75) is 6.42 Å². The summed E-state index contributed by atoms with van der Waals surface area (Å²) < 4.78 is 0. The van der Waals surface area contributed by atoms with E-state index in [2.05, 4.69) is 4.98 Å². The van der Waals surface area contributed by atoms with E-state index in [1.165, 1.54) is 0 Å². The summed E-state index contributed by atoms with van der Waals surface area (Å²) >= 11 is 0. The normalized spacial score (nSPS) is 13.6. The summed E-state index contributed by atoms with van der Waals surface area (Å²) in [5, 5.41) is 9.98. The van der Waals surface area contributed by atoms with Crippen LogP contribution in [-0.2, 0) is 11.2 Å². The Hall–Kier alpha value is -2.16. The summed E-state index contributed by atoms with van der Waals surface area (Å²) in [6.07, 6.45) is 3.98. The largest absolute Gasteiger partial charge is 0.478 e. The first-order valence-electron chi connectivity index (χ1n) is 5.05. The zero-order chi connectivity index (χ0) is 11.1. The average molecular weight is 211 g/mol. The molecule has 0 spiro atoms. The fourth-order valence-electron chi connectivity index (χ4n) is 2.05. The third-order valence-electron chi connectivity index (χ3n) is 2.85. The van der Waals surface area contributed by atoms with Crippen LogP contribution < -0.4 is 0 Å². The summed E-state index contributed by atoms with van der Waals surface area (Å²) in [6, 6.07) is 7.82. The Balaban J connectivity index is 2.19. The molecule has 0 saturated carbocycles. The van der Waals surface area contributed by atoms with Crippen LogP contribution in [0.25, 0.3) is 17.0 Å². The first kappa shape index (κ1) is 9.09. The first-order chi connectivity index (χ1) is 7.74. The Labute approximate surface area is 92.1 Å². The highest BCUT2D eigenvalue weighted by Crippen LogP contribution is 2.28. The van der Waals surface area contributed by atoms with E-state index in [1.54, 1.807) is 12.3 Å². The van der Waals surface area contributed by atoms with E-state index in [4.69, 9.17) is 5.11 Å². The van der Waals surface area contributed by atoms with Crippen molar-refractivity contribution in [1.82, 2.24) is 4.98 Å². The van der Waals surface area contributed by atoms with E-state index in [1.807, 2.05) is 24.3 Å². The molecule has 1 aromatic carbocycles. The van der Waals surface area contributed by atoms with Gasteiger partial charge in [-0.1, -0.05) is 6.07 Å². The van der Waals surface area contributed by atoms with Gasteiger partial charge in [0.05, 0.1) is 5.52 Å². The summed E-state index contributed by atoms with van der Waals surface area (Å²) in [4.78, 5) is 15.1. The molecule has 16 heavy (non-hydrogen) atoms. The second-order valence-electron chi connectivity index (χ2n) is 3.90. The number of pyridine rings is 1. The molecule has 0 aliphatic heterocycles. The molecular weight excluding hydrogens is 202 g/mol. The fourth-order valence-corrected chi connectivity index (χ4v) is 2.05. The molecule has 0 unspecified atom stereocenters. The number of carboxylic acids is 1. The average Bonchev–Trinajstić information content (AvgIpc) is 2.68. The third kappa shape index (κ3) is 1.29. The van der Waals surface area contributed by atoms with Crippen LogP contribution in [0.15, 0.2) is 36.0 Å². The van der Waals surface area contributed by atoms with Crippen molar-refractivity contribution in [1.29, 1.82) is 0 Å². The van der Waals surface area contributed by atoms with E-state index >= 15 is 0 Å². The maximum absolute atomic E-state index is 10.9. The van der Waals surface area contributed by atoms with Crippen LogP contribution in [0.2, 0.25) is 0 Å². The maximum atomic E-state index is 10.9. The molecule has 0 atom stereocenters. The molecule has 3 rings (SSSR count). The van der Waals surface area contributed by atoms with E-state index in [0.29, 0.717) is 12.0 Å². The minimum absolute atomic E-state index is 0.449. The molecule has 1 aliphatic rings. The molecule has 1 aromatic heterocycles. The van der Waals surface area contributed by atoms with Gasteiger partial charge in [-0.3, -0.25) is 4.98 Å². The predicted octanol–water partition coefficient (Wildman–Crippen LogP) is 2.26. The van der Waals surface area contributed by atoms with Crippen LogP contribution in [0.5, 0.6) is 0 Å². The van der Waals surface area contributed by atoms with Gasteiger partial charge in [0.15, 0.2) is 0 Å². The summed E-state index contributed by atoms with van der Waals surface area (Å²) in [6.45, 7) is 0. The van der Waals surface area contributed by atoms with Crippen LogP contribution in [0.3, 0.4) is 0 Å². The number of aliphatic carboxylic acids is 1. The molecule has 1 aliphatic carbocycles. The number of aromatic nitrogens is 1. The molecular formula is C13H9NO2. The number of benzene rings is 1. The second-order valence-corrected chi connectivity index (χ2v) is 3.90. The monoisotopic (exact) mass is 211 g/mol. The van der Waals surface area contributed by atoms with Crippen molar-refractivity contribution >= 4 is 22.9 Å². The molecule has 2 aromatic rings. The summed E-state index contributed by atoms with van der Waals surface area (Å²) in [5.41, 5.74) is 3.41. The van der Waals surface area contributed by atoms with Crippen molar-refractivity contribution in [2.24, 2.45) is 0 Å². The first-order valence-corrected chi connectivity index (χ1v) is 5.05. The van der Waals surface area contributed by atoms with Gasteiger partial charge in [-0.05, 0) is 35.4 Å². The van der Waals surface area contributed by atoms with Crippen molar-refractivity contribution < 1.29 is 9.90 Å². The Morgan fingerprint density at radius 1 is 1.38 bits per heavy atom. The van der Waals surface area contributed by atoms with Gasteiger partial charge >= 0.3 is 5.97 Å². The fraction of sp³-hybridized carbons (Fsp3) is 0.0769. The second kappa shape index (κ2) is 3.17. The standard InChI is InChI=1S/C13H9NO2/c15-13(16)11-5-9-4-8-2-1-3-14-12(8)7-10(9)6-11/h1-5,7H,6H2,(H,15,16). The highest BCUT2D eigenvalue weighted by Gasteiger charge is 2.18. The van der Waals surface area contributed by atoms with Gasteiger partial charge in [0, 0.05) is 23.6 Å². The molecule has 0 fully saturated rings. The van der Waals surface area contributed by atoms with Gasteiger partial charge < -0.3 is 5.11 Å². The lowest BCUT2D eigenvalue weighted by Crippen LogP contribution is -1.99. The Morgan fingerprint density at radius 2 is 2.25 bits per heavy atom. The van der Waals surface area contributed by atoms with Crippen LogP contribution in [0, 0.1) is 0 Å². The van der Waals surface area contributed by atoms with Crippen LogP contribution in [-0.4, -0.2) is 16.1 Å². The topological polar surface area (TPSA) is 50.2 Å². The Bertz CT molecular complexity index is 629. The van der Waals surface area contributed by atoms with Gasteiger partial charge in [0.1, 0.15) is 0 Å². The number of rotatable bonds is 1. The zero-order valence-corrected chi connectivity index (χ0v) is 8.47. The number of fused-ring (bicyclic) bond motifs is 2.